The molecule has 0 aliphatic carbocycles. The van der Waals surface area contributed by atoms with Gasteiger partial charge in [-0.3, -0.25) is 9.56 Å². The molecule has 1 saturated heterocycles. The molecule has 1 aromatic carbocycles. The van der Waals surface area contributed by atoms with E-state index in [2.05, 4.69) is 15.3 Å². The molecule has 2 unspecified atom stereocenters. The smallest absolute Gasteiger partial charge is 0.345 e. The van der Waals surface area contributed by atoms with E-state index in [-0.39, 0.29) is 47.7 Å². The number of hydrogen-bond donors (Lipinski definition) is 1. The molecule has 10 heteroatoms. The first kappa shape index (κ1) is 25.7. The van der Waals surface area contributed by atoms with Gasteiger partial charge in [0.05, 0.1) is 12.6 Å². The molecule has 0 bridgehead atoms. The number of hydrogen-bond acceptors (Lipinski definition) is 4. The number of nitrogens with zero attached hydrogens (tertiary/aromatic N) is 5. The van der Waals surface area contributed by atoms with Crippen LogP contribution in [0.5, 0.6) is 0 Å². The van der Waals surface area contributed by atoms with Crippen molar-refractivity contribution in [3.63, 3.8) is 0 Å². The summed E-state index contributed by atoms with van der Waals surface area (Å²) >= 11 is 0. The second-order valence-corrected chi connectivity index (χ2v) is 8.51. The number of aliphatic imine (C=N–C) groups is 1. The predicted molar refractivity (Wildman–Crippen MR) is 137 cm³/mol. The van der Waals surface area contributed by atoms with Gasteiger partial charge in [-0.2, -0.15) is 5.10 Å². The topological polar surface area (TPSA) is 76.7 Å². The number of fused-ring (bicyclic) bond motifs is 1. The van der Waals surface area contributed by atoms with Gasteiger partial charge in [0, 0.05) is 39.1 Å². The van der Waals surface area contributed by atoms with Gasteiger partial charge in [-0.25, -0.2) is 13.9 Å². The number of aromatic nitrogens is 3. The molecule has 3 heterocycles. The number of ether oxygens (including phenoxy) is 1. The first-order valence-electron chi connectivity index (χ1n) is 11.7. The van der Waals surface area contributed by atoms with Crippen molar-refractivity contribution in [1.29, 1.82) is 0 Å². The molecule has 1 N–H and O–H groups in total. The van der Waals surface area contributed by atoms with Crippen LogP contribution in [-0.4, -0.2) is 57.5 Å². The first-order valence-corrected chi connectivity index (χ1v) is 11.7. The fourth-order valence-electron chi connectivity index (χ4n) is 4.41. The second-order valence-electron chi connectivity index (χ2n) is 8.51. The standard InChI is InChI=1S/C23H33FN6O2.HI/c1-3-25-22(26-12-6-14-30-23(31)29-13-5-4-7-21(29)27-30)28-15-17(2)32-20(16-28)18-8-10-19(24)11-9-18;/h8-11,17,20H,3-7,12-16H2,1-2H3,(H,25,26);1H. The van der Waals surface area contributed by atoms with Crippen molar-refractivity contribution < 1.29 is 9.13 Å². The summed E-state index contributed by atoms with van der Waals surface area (Å²) in [5.41, 5.74) is 0.960. The number of aryl methyl sites for hydroxylation is 2. The molecule has 33 heavy (non-hydrogen) atoms. The van der Waals surface area contributed by atoms with Crippen LogP contribution in [0.1, 0.15) is 50.6 Å². The van der Waals surface area contributed by atoms with E-state index in [1.807, 2.05) is 18.4 Å². The highest BCUT2D eigenvalue weighted by atomic mass is 127. The third kappa shape index (κ3) is 6.34. The molecule has 0 spiro atoms. The fourth-order valence-corrected chi connectivity index (χ4v) is 4.41. The van der Waals surface area contributed by atoms with E-state index in [4.69, 9.17) is 9.73 Å². The Hall–Kier alpha value is -1.95. The monoisotopic (exact) mass is 572 g/mol. The average Bonchev–Trinajstić information content (AvgIpc) is 3.11. The Kier molecular flexibility index (Phi) is 9.30. The minimum Gasteiger partial charge on any atom is -0.367 e. The third-order valence-corrected chi connectivity index (χ3v) is 5.96. The largest absolute Gasteiger partial charge is 0.367 e. The van der Waals surface area contributed by atoms with Gasteiger partial charge in [0.2, 0.25) is 0 Å². The molecular formula is C23H34FIN6O2. The van der Waals surface area contributed by atoms with Crippen LogP contribution in [0.2, 0.25) is 0 Å². The zero-order valence-corrected chi connectivity index (χ0v) is 21.7. The van der Waals surface area contributed by atoms with Crippen molar-refractivity contribution >= 4 is 29.9 Å². The number of benzene rings is 1. The summed E-state index contributed by atoms with van der Waals surface area (Å²) in [5.74, 6) is 1.50. The Morgan fingerprint density at radius 1 is 1.27 bits per heavy atom. The molecule has 182 valence electrons. The lowest BCUT2D eigenvalue weighted by Gasteiger charge is -2.38. The van der Waals surface area contributed by atoms with E-state index in [1.54, 1.807) is 16.8 Å². The summed E-state index contributed by atoms with van der Waals surface area (Å²) in [4.78, 5) is 19.5. The molecule has 2 atom stereocenters. The van der Waals surface area contributed by atoms with Crippen molar-refractivity contribution in [2.24, 2.45) is 4.99 Å². The number of rotatable bonds is 6. The number of guanidine groups is 1. The number of nitrogens with one attached hydrogen (secondary N) is 1. The van der Waals surface area contributed by atoms with E-state index in [1.165, 1.54) is 12.1 Å². The normalized spacial score (nSPS) is 20.8. The SMILES string of the molecule is CCNC(=NCCCn1nc2n(c1=O)CCCC2)N1CC(C)OC(c2ccc(F)cc2)C1.I. The Bertz CT molecular complexity index is 990. The van der Waals surface area contributed by atoms with Crippen LogP contribution in [0.25, 0.3) is 0 Å². The summed E-state index contributed by atoms with van der Waals surface area (Å²) in [6, 6.07) is 6.50. The summed E-state index contributed by atoms with van der Waals surface area (Å²) in [7, 11) is 0. The third-order valence-electron chi connectivity index (χ3n) is 5.96. The summed E-state index contributed by atoms with van der Waals surface area (Å²) in [5, 5.41) is 7.88. The van der Waals surface area contributed by atoms with Crippen molar-refractivity contribution in [1.82, 2.24) is 24.6 Å². The number of morpholine rings is 1. The fraction of sp³-hybridized carbons (Fsp3) is 0.609. The van der Waals surface area contributed by atoms with E-state index >= 15 is 0 Å². The molecule has 1 aromatic heterocycles. The molecule has 4 rings (SSSR count). The van der Waals surface area contributed by atoms with E-state index in [9.17, 15) is 9.18 Å². The van der Waals surface area contributed by atoms with Gasteiger partial charge in [-0.1, -0.05) is 12.1 Å². The zero-order chi connectivity index (χ0) is 22.5. The Labute approximate surface area is 211 Å². The van der Waals surface area contributed by atoms with Gasteiger partial charge in [0.1, 0.15) is 17.7 Å². The van der Waals surface area contributed by atoms with Gasteiger partial charge in [-0.05, 0) is 50.8 Å². The summed E-state index contributed by atoms with van der Waals surface area (Å²) < 4.78 is 22.8. The van der Waals surface area contributed by atoms with Crippen LogP contribution in [0.15, 0.2) is 34.1 Å². The predicted octanol–water partition coefficient (Wildman–Crippen LogP) is 2.96. The van der Waals surface area contributed by atoms with Gasteiger partial charge in [-0.15, -0.1) is 24.0 Å². The van der Waals surface area contributed by atoms with Crippen molar-refractivity contribution in [2.45, 2.75) is 64.8 Å². The Balaban J connectivity index is 0.00000306. The summed E-state index contributed by atoms with van der Waals surface area (Å²) in [6.45, 7) is 8.18. The van der Waals surface area contributed by atoms with Gasteiger partial charge in [0.25, 0.3) is 0 Å². The van der Waals surface area contributed by atoms with E-state index in [0.29, 0.717) is 19.6 Å². The molecule has 0 saturated carbocycles. The molecule has 8 nitrogen and oxygen atoms in total. The van der Waals surface area contributed by atoms with Crippen molar-refractivity contribution in [3.05, 3.63) is 52.0 Å². The Morgan fingerprint density at radius 2 is 2.06 bits per heavy atom. The van der Waals surface area contributed by atoms with Crippen LogP contribution < -0.4 is 11.0 Å². The molecule has 0 radical (unpaired) electrons. The lowest BCUT2D eigenvalue weighted by molar-refractivity contribution is -0.0605. The highest BCUT2D eigenvalue weighted by molar-refractivity contribution is 14.0. The van der Waals surface area contributed by atoms with Crippen LogP contribution in [0.3, 0.4) is 0 Å². The first-order chi connectivity index (χ1) is 15.5. The molecular weight excluding hydrogens is 538 g/mol. The van der Waals surface area contributed by atoms with Gasteiger partial charge in [0.15, 0.2) is 5.96 Å². The highest BCUT2D eigenvalue weighted by Crippen LogP contribution is 2.25. The van der Waals surface area contributed by atoms with Gasteiger partial charge >= 0.3 is 5.69 Å². The van der Waals surface area contributed by atoms with Crippen LogP contribution in [0.4, 0.5) is 4.39 Å². The average molecular weight is 572 g/mol. The van der Waals surface area contributed by atoms with Crippen molar-refractivity contribution in [2.75, 3.05) is 26.2 Å². The maximum atomic E-state index is 13.3. The Morgan fingerprint density at radius 3 is 2.79 bits per heavy atom. The molecule has 2 aliphatic heterocycles. The second kappa shape index (κ2) is 12.0. The maximum Gasteiger partial charge on any atom is 0.345 e. The minimum absolute atomic E-state index is 0. The minimum atomic E-state index is -0.248. The zero-order valence-electron chi connectivity index (χ0n) is 19.4. The van der Waals surface area contributed by atoms with E-state index in [0.717, 1.165) is 62.7 Å². The summed E-state index contributed by atoms with van der Waals surface area (Å²) in [6.07, 6.45) is 3.66. The van der Waals surface area contributed by atoms with E-state index < -0.39 is 0 Å². The van der Waals surface area contributed by atoms with Crippen LogP contribution >= 0.6 is 24.0 Å². The quantitative estimate of drug-likeness (QED) is 0.250. The molecule has 1 fully saturated rings. The van der Waals surface area contributed by atoms with Crippen molar-refractivity contribution in [3.8, 4) is 0 Å². The molecule has 2 aromatic rings. The lowest BCUT2D eigenvalue weighted by Crippen LogP contribution is -2.50. The lowest BCUT2D eigenvalue weighted by atomic mass is 10.1. The highest BCUT2D eigenvalue weighted by Gasteiger charge is 2.28. The molecule has 2 aliphatic rings. The van der Waals surface area contributed by atoms with Crippen LogP contribution in [-0.2, 0) is 24.2 Å². The number of halogens is 2. The molecule has 0 amide bonds. The van der Waals surface area contributed by atoms with Crippen LogP contribution in [0, 0.1) is 5.82 Å². The maximum absolute atomic E-state index is 13.3. The van der Waals surface area contributed by atoms with Gasteiger partial charge < -0.3 is 15.0 Å².